The summed E-state index contributed by atoms with van der Waals surface area (Å²) in [5.41, 5.74) is -1.11. The zero-order valence-electron chi connectivity index (χ0n) is 10.8. The molecule has 0 saturated heterocycles. The van der Waals surface area contributed by atoms with Gasteiger partial charge in [-0.1, -0.05) is 20.8 Å². The third-order valence-electron chi connectivity index (χ3n) is 2.93. The van der Waals surface area contributed by atoms with Crippen molar-refractivity contribution < 1.29 is 13.7 Å². The van der Waals surface area contributed by atoms with Crippen LogP contribution in [0.3, 0.4) is 0 Å². The fourth-order valence-electron chi connectivity index (χ4n) is 1.26. The van der Waals surface area contributed by atoms with E-state index in [9.17, 15) is 18.9 Å². The smallest absolute Gasteiger partial charge is 0.295 e. The van der Waals surface area contributed by atoms with E-state index in [4.69, 9.17) is 0 Å². The molecule has 1 N–H and O–H groups in total. The predicted molar refractivity (Wildman–Crippen MR) is 65.6 cm³/mol. The van der Waals surface area contributed by atoms with Gasteiger partial charge in [0.25, 0.3) is 5.69 Å². The van der Waals surface area contributed by atoms with Crippen molar-refractivity contribution in [2.24, 2.45) is 5.41 Å². The third kappa shape index (κ3) is 2.94. The number of nitro benzene ring substituents is 1. The lowest BCUT2D eigenvalue weighted by molar-refractivity contribution is -0.384. The molecular formula is C12H16F2N2O2. The lowest BCUT2D eigenvalue weighted by Gasteiger charge is -2.28. The summed E-state index contributed by atoms with van der Waals surface area (Å²) in [5.74, 6) is -2.33. The second-order valence-electron chi connectivity index (χ2n) is 5.24. The van der Waals surface area contributed by atoms with Gasteiger partial charge in [0.1, 0.15) is 0 Å². The van der Waals surface area contributed by atoms with Gasteiger partial charge in [-0.05, 0) is 18.4 Å². The standard InChI is InChI=1S/C12H16F2N2O2/c1-7(12(2,3)4)15-11-9(16(17)18)6-5-8(13)10(11)14/h5-7,15H,1-4H3. The topological polar surface area (TPSA) is 55.2 Å². The molecule has 1 aromatic rings. The number of nitrogens with zero attached hydrogens (tertiary/aromatic N) is 1. The molecule has 4 nitrogen and oxygen atoms in total. The number of nitrogens with one attached hydrogen (secondary N) is 1. The first-order chi connectivity index (χ1) is 8.14. The van der Waals surface area contributed by atoms with E-state index < -0.39 is 27.9 Å². The van der Waals surface area contributed by atoms with Crippen molar-refractivity contribution in [3.8, 4) is 0 Å². The molecule has 0 aliphatic carbocycles. The van der Waals surface area contributed by atoms with Gasteiger partial charge in [0.2, 0.25) is 0 Å². The normalized spacial score (nSPS) is 13.2. The number of anilines is 1. The Bertz CT molecular complexity index is 470. The summed E-state index contributed by atoms with van der Waals surface area (Å²) in [5, 5.41) is 13.5. The average Bonchev–Trinajstić information content (AvgIpc) is 2.23. The fraction of sp³-hybridized carbons (Fsp3) is 0.500. The molecule has 0 bridgehead atoms. The van der Waals surface area contributed by atoms with Crippen molar-refractivity contribution in [3.05, 3.63) is 33.9 Å². The molecule has 1 aromatic carbocycles. The second kappa shape index (κ2) is 4.88. The summed E-state index contributed by atoms with van der Waals surface area (Å²) >= 11 is 0. The average molecular weight is 258 g/mol. The van der Waals surface area contributed by atoms with E-state index >= 15 is 0 Å². The summed E-state index contributed by atoms with van der Waals surface area (Å²) in [7, 11) is 0. The van der Waals surface area contributed by atoms with Gasteiger partial charge in [0.05, 0.1) is 4.92 Å². The quantitative estimate of drug-likeness (QED) is 0.664. The molecular weight excluding hydrogens is 242 g/mol. The van der Waals surface area contributed by atoms with Crippen LogP contribution in [0.4, 0.5) is 20.2 Å². The molecule has 6 heteroatoms. The molecule has 0 saturated carbocycles. The van der Waals surface area contributed by atoms with Gasteiger partial charge in [0.15, 0.2) is 17.3 Å². The molecule has 0 radical (unpaired) electrons. The Labute approximate surface area is 104 Å². The van der Waals surface area contributed by atoms with Crippen molar-refractivity contribution >= 4 is 11.4 Å². The maximum atomic E-state index is 13.6. The van der Waals surface area contributed by atoms with Crippen molar-refractivity contribution in [2.45, 2.75) is 33.7 Å². The first-order valence-electron chi connectivity index (χ1n) is 5.53. The lowest BCUT2D eigenvalue weighted by atomic mass is 9.88. The Hall–Kier alpha value is -1.72. The molecule has 18 heavy (non-hydrogen) atoms. The monoisotopic (exact) mass is 258 g/mol. The van der Waals surface area contributed by atoms with Gasteiger partial charge in [-0.2, -0.15) is 0 Å². The zero-order valence-corrected chi connectivity index (χ0v) is 10.8. The molecule has 0 aromatic heterocycles. The van der Waals surface area contributed by atoms with E-state index in [1.165, 1.54) is 0 Å². The third-order valence-corrected chi connectivity index (χ3v) is 2.93. The molecule has 0 aliphatic rings. The Kier molecular flexibility index (Phi) is 3.88. The van der Waals surface area contributed by atoms with Gasteiger partial charge < -0.3 is 5.32 Å². The van der Waals surface area contributed by atoms with Crippen LogP contribution in [0.5, 0.6) is 0 Å². The van der Waals surface area contributed by atoms with Crippen LogP contribution in [0.15, 0.2) is 12.1 Å². The number of benzene rings is 1. The Balaban J connectivity index is 3.22. The van der Waals surface area contributed by atoms with Crippen molar-refractivity contribution in [3.63, 3.8) is 0 Å². The maximum absolute atomic E-state index is 13.6. The van der Waals surface area contributed by atoms with E-state index in [1.807, 2.05) is 20.8 Å². The SMILES string of the molecule is CC(Nc1c([N+](=O)[O-])ccc(F)c1F)C(C)(C)C. The van der Waals surface area contributed by atoms with E-state index in [0.29, 0.717) is 0 Å². The predicted octanol–water partition coefficient (Wildman–Crippen LogP) is 3.72. The van der Waals surface area contributed by atoms with Gasteiger partial charge in [0, 0.05) is 12.1 Å². The molecule has 0 amide bonds. The summed E-state index contributed by atoms with van der Waals surface area (Å²) in [6.45, 7) is 7.45. The van der Waals surface area contributed by atoms with Crippen LogP contribution >= 0.6 is 0 Å². The van der Waals surface area contributed by atoms with Crippen molar-refractivity contribution in [2.75, 3.05) is 5.32 Å². The van der Waals surface area contributed by atoms with Crippen LogP contribution in [0.2, 0.25) is 0 Å². The minimum absolute atomic E-state index is 0.243. The van der Waals surface area contributed by atoms with Gasteiger partial charge >= 0.3 is 0 Å². The second-order valence-corrected chi connectivity index (χ2v) is 5.24. The van der Waals surface area contributed by atoms with Crippen molar-refractivity contribution in [1.82, 2.24) is 0 Å². The summed E-state index contributed by atoms with van der Waals surface area (Å²) < 4.78 is 26.8. The highest BCUT2D eigenvalue weighted by Gasteiger charge is 2.27. The van der Waals surface area contributed by atoms with Crippen LogP contribution < -0.4 is 5.32 Å². The highest BCUT2D eigenvalue weighted by Crippen LogP contribution is 2.32. The molecule has 1 unspecified atom stereocenters. The number of hydrogen-bond acceptors (Lipinski definition) is 3. The van der Waals surface area contributed by atoms with E-state index in [-0.39, 0.29) is 11.5 Å². The minimum atomic E-state index is -1.22. The van der Waals surface area contributed by atoms with E-state index in [2.05, 4.69) is 5.32 Å². The van der Waals surface area contributed by atoms with Crippen molar-refractivity contribution in [1.29, 1.82) is 0 Å². The number of hydrogen-bond donors (Lipinski definition) is 1. The minimum Gasteiger partial charge on any atom is -0.374 e. The Morgan fingerprint density at radius 1 is 1.33 bits per heavy atom. The maximum Gasteiger partial charge on any atom is 0.295 e. The summed E-state index contributed by atoms with van der Waals surface area (Å²) in [6.07, 6.45) is 0. The van der Waals surface area contributed by atoms with Crippen LogP contribution in [-0.4, -0.2) is 11.0 Å². The number of halogens is 2. The highest BCUT2D eigenvalue weighted by molar-refractivity contribution is 5.63. The van der Waals surface area contributed by atoms with Gasteiger partial charge in [-0.3, -0.25) is 10.1 Å². The Morgan fingerprint density at radius 2 is 1.89 bits per heavy atom. The summed E-state index contributed by atoms with van der Waals surface area (Å²) in [6, 6.07) is 1.45. The molecule has 100 valence electrons. The molecule has 0 heterocycles. The first-order valence-corrected chi connectivity index (χ1v) is 5.53. The van der Waals surface area contributed by atoms with Gasteiger partial charge in [-0.25, -0.2) is 8.78 Å². The lowest BCUT2D eigenvalue weighted by Crippen LogP contribution is -2.31. The van der Waals surface area contributed by atoms with Crippen LogP contribution in [0.25, 0.3) is 0 Å². The highest BCUT2D eigenvalue weighted by atomic mass is 19.2. The molecule has 1 atom stereocenters. The van der Waals surface area contributed by atoms with Crippen LogP contribution in [0, 0.1) is 27.2 Å². The zero-order chi connectivity index (χ0) is 14.1. The number of rotatable bonds is 3. The van der Waals surface area contributed by atoms with Crippen LogP contribution in [-0.2, 0) is 0 Å². The molecule has 1 rings (SSSR count). The Morgan fingerprint density at radius 3 is 2.33 bits per heavy atom. The largest absolute Gasteiger partial charge is 0.374 e. The fourth-order valence-corrected chi connectivity index (χ4v) is 1.26. The molecule has 0 fully saturated rings. The molecule has 0 aliphatic heterocycles. The first kappa shape index (κ1) is 14.3. The van der Waals surface area contributed by atoms with E-state index in [0.717, 1.165) is 12.1 Å². The van der Waals surface area contributed by atoms with Crippen LogP contribution in [0.1, 0.15) is 27.7 Å². The molecule has 0 spiro atoms. The summed E-state index contributed by atoms with van der Waals surface area (Å²) in [4.78, 5) is 10.1. The van der Waals surface area contributed by atoms with Gasteiger partial charge in [-0.15, -0.1) is 0 Å². The number of nitro groups is 1. The van der Waals surface area contributed by atoms with E-state index in [1.54, 1.807) is 6.92 Å².